The lowest BCUT2D eigenvalue weighted by Gasteiger charge is -2.00. The van der Waals surface area contributed by atoms with Crippen molar-refractivity contribution in [3.63, 3.8) is 0 Å². The number of hydrogen-bond acceptors (Lipinski definition) is 3. The van der Waals surface area contributed by atoms with Crippen molar-refractivity contribution in [2.45, 2.75) is 0 Å². The second kappa shape index (κ2) is 3.18. The maximum absolute atomic E-state index is 5.71. The van der Waals surface area contributed by atoms with Crippen molar-refractivity contribution in [1.29, 1.82) is 0 Å². The van der Waals surface area contributed by atoms with E-state index in [-0.39, 0.29) is 0 Å². The van der Waals surface area contributed by atoms with E-state index >= 15 is 0 Å². The number of halogens is 1. The van der Waals surface area contributed by atoms with Crippen LogP contribution in [0.5, 0.6) is 0 Å². The first-order valence-electron chi connectivity index (χ1n) is 3.68. The lowest BCUT2D eigenvalue weighted by molar-refractivity contribution is 1.09. The second-order valence-corrected chi connectivity index (χ2v) is 3.41. The molecule has 0 aliphatic heterocycles. The molecule has 3 N–H and O–H groups in total. The molecule has 0 aliphatic carbocycles. The Hall–Kier alpha value is -1.36. The van der Waals surface area contributed by atoms with E-state index in [1.807, 2.05) is 6.07 Å². The number of anilines is 1. The topological polar surface area (TPSA) is 67.6 Å². The molecule has 2 rings (SSSR count). The number of pyridine rings is 1. The molecule has 0 saturated heterocycles. The minimum Gasteiger partial charge on any atom is -0.396 e. The quantitative estimate of drug-likeness (QED) is 0.797. The average molecular weight is 239 g/mol. The highest BCUT2D eigenvalue weighted by Gasteiger charge is 2.07. The normalized spacial score (nSPS) is 10.2. The van der Waals surface area contributed by atoms with Gasteiger partial charge in [-0.1, -0.05) is 0 Å². The Morgan fingerprint density at radius 1 is 1.38 bits per heavy atom. The molecule has 2 heterocycles. The van der Waals surface area contributed by atoms with Crippen LogP contribution in [0.4, 0.5) is 5.69 Å². The molecule has 0 amide bonds. The van der Waals surface area contributed by atoms with Gasteiger partial charge in [0.05, 0.1) is 17.6 Å². The van der Waals surface area contributed by atoms with Crippen molar-refractivity contribution < 1.29 is 0 Å². The lowest BCUT2D eigenvalue weighted by atomic mass is 10.2. The number of hydrogen-bond donors (Lipinski definition) is 2. The molecular formula is C8H7BrN4. The van der Waals surface area contributed by atoms with Gasteiger partial charge in [-0.3, -0.25) is 10.1 Å². The van der Waals surface area contributed by atoms with E-state index < -0.39 is 0 Å². The molecule has 0 aromatic carbocycles. The summed E-state index contributed by atoms with van der Waals surface area (Å²) in [6.07, 6.45) is 5.01. The van der Waals surface area contributed by atoms with Crippen LogP contribution < -0.4 is 5.73 Å². The third-order valence-corrected chi connectivity index (χ3v) is 2.34. The summed E-state index contributed by atoms with van der Waals surface area (Å²) in [5, 5.41) is 6.68. The van der Waals surface area contributed by atoms with Crippen LogP contribution in [-0.4, -0.2) is 15.2 Å². The second-order valence-electron chi connectivity index (χ2n) is 2.56. The van der Waals surface area contributed by atoms with Gasteiger partial charge in [0, 0.05) is 22.4 Å². The van der Waals surface area contributed by atoms with Crippen molar-refractivity contribution in [3.05, 3.63) is 29.1 Å². The van der Waals surface area contributed by atoms with Gasteiger partial charge in [0.2, 0.25) is 0 Å². The predicted molar refractivity (Wildman–Crippen MR) is 53.9 cm³/mol. The Morgan fingerprint density at radius 2 is 2.23 bits per heavy atom. The zero-order chi connectivity index (χ0) is 9.26. The highest BCUT2D eigenvalue weighted by Crippen LogP contribution is 2.28. The Kier molecular flexibility index (Phi) is 2.02. The zero-order valence-electron chi connectivity index (χ0n) is 6.66. The standard InChI is InChI=1S/C8H7BrN4/c9-6-3-11-2-1-5(6)8-7(10)4-12-13-8/h1-4H,10H2,(H,12,13). The molecule has 2 aromatic rings. The van der Waals surface area contributed by atoms with Crippen molar-refractivity contribution in [1.82, 2.24) is 15.2 Å². The van der Waals surface area contributed by atoms with E-state index in [0.717, 1.165) is 15.7 Å². The third-order valence-electron chi connectivity index (χ3n) is 1.71. The molecule has 2 aromatic heterocycles. The summed E-state index contributed by atoms with van der Waals surface area (Å²) >= 11 is 3.39. The maximum Gasteiger partial charge on any atom is 0.0892 e. The Bertz CT molecular complexity index is 424. The fourth-order valence-electron chi connectivity index (χ4n) is 1.09. The molecule has 0 radical (unpaired) electrons. The van der Waals surface area contributed by atoms with Crippen LogP contribution in [0.1, 0.15) is 0 Å². The van der Waals surface area contributed by atoms with Gasteiger partial charge >= 0.3 is 0 Å². The minimum absolute atomic E-state index is 0.631. The van der Waals surface area contributed by atoms with Gasteiger partial charge in [0.15, 0.2) is 0 Å². The summed E-state index contributed by atoms with van der Waals surface area (Å²) in [6, 6.07) is 1.87. The van der Waals surface area contributed by atoms with Crippen molar-refractivity contribution in [2.75, 3.05) is 5.73 Å². The Balaban J connectivity index is 2.59. The molecule has 66 valence electrons. The number of H-pyrrole nitrogens is 1. The van der Waals surface area contributed by atoms with Gasteiger partial charge in [0.1, 0.15) is 0 Å². The van der Waals surface area contributed by atoms with Crippen molar-refractivity contribution in [2.24, 2.45) is 0 Å². The van der Waals surface area contributed by atoms with Gasteiger partial charge < -0.3 is 5.73 Å². The molecule has 0 fully saturated rings. The smallest absolute Gasteiger partial charge is 0.0892 e. The van der Waals surface area contributed by atoms with Gasteiger partial charge in [-0.15, -0.1) is 0 Å². The summed E-state index contributed by atoms with van der Waals surface area (Å²) in [7, 11) is 0. The molecule has 0 atom stereocenters. The van der Waals surface area contributed by atoms with Crippen LogP contribution in [0.3, 0.4) is 0 Å². The van der Waals surface area contributed by atoms with Crippen LogP contribution >= 0.6 is 15.9 Å². The average Bonchev–Trinajstić information content (AvgIpc) is 2.52. The summed E-state index contributed by atoms with van der Waals surface area (Å²) in [6.45, 7) is 0. The van der Waals surface area contributed by atoms with E-state index in [1.165, 1.54) is 0 Å². The fraction of sp³-hybridized carbons (Fsp3) is 0. The maximum atomic E-state index is 5.71. The first kappa shape index (κ1) is 8.25. The highest BCUT2D eigenvalue weighted by atomic mass is 79.9. The Labute approximate surface area is 83.3 Å². The van der Waals surface area contributed by atoms with E-state index in [1.54, 1.807) is 18.6 Å². The highest BCUT2D eigenvalue weighted by molar-refractivity contribution is 9.10. The van der Waals surface area contributed by atoms with E-state index in [0.29, 0.717) is 5.69 Å². The number of nitrogens with zero attached hydrogens (tertiary/aromatic N) is 2. The molecule has 0 unspecified atom stereocenters. The van der Waals surface area contributed by atoms with E-state index in [2.05, 4.69) is 31.1 Å². The molecule has 0 bridgehead atoms. The zero-order valence-corrected chi connectivity index (χ0v) is 8.25. The van der Waals surface area contributed by atoms with Gasteiger partial charge in [0.25, 0.3) is 0 Å². The van der Waals surface area contributed by atoms with Crippen LogP contribution in [0.25, 0.3) is 11.3 Å². The molecule has 4 nitrogen and oxygen atoms in total. The van der Waals surface area contributed by atoms with Crippen LogP contribution in [0.2, 0.25) is 0 Å². The van der Waals surface area contributed by atoms with Gasteiger partial charge in [-0.2, -0.15) is 5.10 Å². The van der Waals surface area contributed by atoms with Gasteiger partial charge in [-0.05, 0) is 22.0 Å². The SMILES string of the molecule is Nc1cn[nH]c1-c1ccncc1Br. The minimum atomic E-state index is 0.631. The van der Waals surface area contributed by atoms with E-state index in [9.17, 15) is 0 Å². The number of nitrogen functional groups attached to an aromatic ring is 1. The first-order valence-corrected chi connectivity index (χ1v) is 4.47. The third kappa shape index (κ3) is 1.42. The van der Waals surface area contributed by atoms with Crippen molar-refractivity contribution >= 4 is 21.6 Å². The largest absolute Gasteiger partial charge is 0.396 e. The number of aromatic amines is 1. The molecule has 0 saturated carbocycles. The monoisotopic (exact) mass is 238 g/mol. The number of rotatable bonds is 1. The number of nitrogens with one attached hydrogen (secondary N) is 1. The van der Waals surface area contributed by atoms with Crippen molar-refractivity contribution in [3.8, 4) is 11.3 Å². The number of aromatic nitrogens is 3. The number of nitrogens with two attached hydrogens (primary N) is 1. The van der Waals surface area contributed by atoms with Crippen LogP contribution in [0, 0.1) is 0 Å². The summed E-state index contributed by atoms with van der Waals surface area (Å²) in [5.74, 6) is 0. The molecule has 0 spiro atoms. The Morgan fingerprint density at radius 3 is 2.85 bits per heavy atom. The van der Waals surface area contributed by atoms with Gasteiger partial charge in [-0.25, -0.2) is 0 Å². The molecule has 13 heavy (non-hydrogen) atoms. The molecular weight excluding hydrogens is 232 g/mol. The van der Waals surface area contributed by atoms with Crippen LogP contribution in [-0.2, 0) is 0 Å². The van der Waals surface area contributed by atoms with E-state index in [4.69, 9.17) is 5.73 Å². The predicted octanol–water partition coefficient (Wildman–Crippen LogP) is 1.82. The molecule has 0 aliphatic rings. The summed E-state index contributed by atoms with van der Waals surface area (Å²) in [4.78, 5) is 3.96. The van der Waals surface area contributed by atoms with Crippen LogP contribution in [0.15, 0.2) is 29.1 Å². The fourth-order valence-corrected chi connectivity index (χ4v) is 1.54. The first-order chi connectivity index (χ1) is 6.29. The lowest BCUT2D eigenvalue weighted by Crippen LogP contribution is -1.88. The summed E-state index contributed by atoms with van der Waals surface area (Å²) in [5.41, 5.74) is 8.11. The summed E-state index contributed by atoms with van der Waals surface area (Å²) < 4.78 is 0.894. The molecule has 5 heteroatoms.